The first-order valence-electron chi connectivity index (χ1n) is 6.13. The van der Waals surface area contributed by atoms with Gasteiger partial charge < -0.3 is 15.7 Å². The van der Waals surface area contributed by atoms with Crippen molar-refractivity contribution in [3.05, 3.63) is 16.1 Å². The summed E-state index contributed by atoms with van der Waals surface area (Å²) < 4.78 is 0. The Kier molecular flexibility index (Phi) is 5.75. The Morgan fingerprint density at radius 3 is 2.68 bits per heavy atom. The summed E-state index contributed by atoms with van der Waals surface area (Å²) in [7, 11) is 0. The first-order valence-corrected chi connectivity index (χ1v) is 6.95. The van der Waals surface area contributed by atoms with Crippen molar-refractivity contribution in [3.63, 3.8) is 0 Å². The van der Waals surface area contributed by atoms with Crippen molar-refractivity contribution in [1.29, 1.82) is 0 Å². The van der Waals surface area contributed by atoms with Crippen LogP contribution in [0.15, 0.2) is 6.20 Å². The number of rotatable bonds is 6. The third-order valence-electron chi connectivity index (χ3n) is 2.71. The smallest absolute Gasteiger partial charge is 0.315 e. The molecule has 19 heavy (non-hydrogen) atoms. The number of urea groups is 1. The van der Waals surface area contributed by atoms with Crippen molar-refractivity contribution >= 4 is 23.3 Å². The average molecular weight is 285 g/mol. The average Bonchev–Trinajstić information content (AvgIpc) is 2.76. The highest BCUT2D eigenvalue weighted by Crippen LogP contribution is 2.18. The lowest BCUT2D eigenvalue weighted by Gasteiger charge is -2.14. The van der Waals surface area contributed by atoms with Crippen LogP contribution in [-0.2, 0) is 4.79 Å². The van der Waals surface area contributed by atoms with E-state index in [2.05, 4.69) is 15.6 Å². The number of nitrogens with one attached hydrogen (secondary N) is 2. The molecule has 0 aliphatic rings. The molecule has 1 rings (SSSR count). The van der Waals surface area contributed by atoms with Gasteiger partial charge in [-0.2, -0.15) is 0 Å². The summed E-state index contributed by atoms with van der Waals surface area (Å²) in [6.45, 7) is 5.69. The van der Waals surface area contributed by atoms with E-state index in [0.29, 0.717) is 6.42 Å². The number of carboxylic acid groups (broad SMARTS) is 1. The number of amides is 2. The number of thiazole rings is 1. The van der Waals surface area contributed by atoms with Crippen LogP contribution >= 0.6 is 11.3 Å². The number of hydrogen-bond acceptors (Lipinski definition) is 4. The summed E-state index contributed by atoms with van der Waals surface area (Å²) in [5, 5.41) is 15.0. The lowest BCUT2D eigenvalue weighted by atomic mass is 10.1. The van der Waals surface area contributed by atoms with E-state index >= 15 is 0 Å². The molecule has 1 aromatic heterocycles. The Balaban J connectivity index is 2.41. The largest absolute Gasteiger partial charge is 0.481 e. The number of nitrogens with zero attached hydrogens (tertiary/aromatic N) is 1. The normalized spacial score (nSPS) is 13.6. The fourth-order valence-electron chi connectivity index (χ4n) is 1.50. The summed E-state index contributed by atoms with van der Waals surface area (Å²) in [5.74, 6) is -1.45. The molecule has 0 spiro atoms. The molecule has 1 aromatic rings. The number of carboxylic acids is 1. The molecular formula is C12H19N3O3S. The molecule has 0 aliphatic heterocycles. The van der Waals surface area contributed by atoms with Gasteiger partial charge in [-0.1, -0.05) is 6.92 Å². The molecule has 0 fully saturated rings. The highest BCUT2D eigenvalue weighted by Gasteiger charge is 2.17. The first kappa shape index (κ1) is 15.4. The second-order valence-corrected chi connectivity index (χ2v) is 5.59. The summed E-state index contributed by atoms with van der Waals surface area (Å²) in [5.41, 5.74) is 0. The number of carbonyl (C=O) groups is 2. The van der Waals surface area contributed by atoms with E-state index in [4.69, 9.17) is 5.11 Å². The Morgan fingerprint density at radius 1 is 1.53 bits per heavy atom. The van der Waals surface area contributed by atoms with E-state index in [0.717, 1.165) is 9.88 Å². The van der Waals surface area contributed by atoms with Gasteiger partial charge >= 0.3 is 12.0 Å². The zero-order chi connectivity index (χ0) is 14.4. The van der Waals surface area contributed by atoms with E-state index in [9.17, 15) is 9.59 Å². The van der Waals surface area contributed by atoms with E-state index in [-0.39, 0.29) is 18.6 Å². The number of carbonyl (C=O) groups excluding carboxylic acids is 1. The molecular weight excluding hydrogens is 266 g/mol. The van der Waals surface area contributed by atoms with E-state index in [1.54, 1.807) is 13.1 Å². The molecule has 2 amide bonds. The third-order valence-corrected chi connectivity index (χ3v) is 3.80. The minimum absolute atomic E-state index is 0.126. The Labute approximate surface area is 116 Å². The van der Waals surface area contributed by atoms with Crippen LogP contribution in [-0.4, -0.2) is 28.6 Å². The predicted molar refractivity (Wildman–Crippen MR) is 73.2 cm³/mol. The maximum Gasteiger partial charge on any atom is 0.315 e. The van der Waals surface area contributed by atoms with Gasteiger partial charge in [-0.3, -0.25) is 4.79 Å². The molecule has 7 heteroatoms. The second-order valence-electron chi connectivity index (χ2n) is 4.33. The molecule has 0 aromatic carbocycles. The zero-order valence-corrected chi connectivity index (χ0v) is 12.1. The van der Waals surface area contributed by atoms with E-state index in [1.807, 2.05) is 13.8 Å². The van der Waals surface area contributed by atoms with E-state index in [1.165, 1.54) is 11.3 Å². The molecule has 2 unspecified atom stereocenters. The van der Waals surface area contributed by atoms with Crippen LogP contribution in [0.1, 0.15) is 36.2 Å². The van der Waals surface area contributed by atoms with Crippen LogP contribution in [0.25, 0.3) is 0 Å². The lowest BCUT2D eigenvalue weighted by Crippen LogP contribution is -2.40. The van der Waals surface area contributed by atoms with Gasteiger partial charge in [0.2, 0.25) is 0 Å². The fourth-order valence-corrected chi connectivity index (χ4v) is 2.28. The van der Waals surface area contributed by atoms with Gasteiger partial charge in [0.25, 0.3) is 0 Å². The van der Waals surface area contributed by atoms with Crippen LogP contribution in [0.2, 0.25) is 0 Å². The minimum atomic E-state index is -0.897. The van der Waals surface area contributed by atoms with Crippen LogP contribution in [0, 0.1) is 12.8 Å². The highest BCUT2D eigenvalue weighted by molar-refractivity contribution is 7.11. The summed E-state index contributed by atoms with van der Waals surface area (Å²) in [6, 6.07) is -0.566. The van der Waals surface area contributed by atoms with Crippen LogP contribution in [0.4, 0.5) is 4.79 Å². The van der Waals surface area contributed by atoms with Crippen molar-refractivity contribution in [3.8, 4) is 0 Å². The van der Waals surface area contributed by atoms with Crippen molar-refractivity contribution in [2.45, 2.75) is 33.2 Å². The molecule has 0 aliphatic carbocycles. The number of aromatic nitrogens is 1. The topological polar surface area (TPSA) is 91.3 Å². The molecule has 0 bridgehead atoms. The Hall–Kier alpha value is -1.63. The summed E-state index contributed by atoms with van der Waals surface area (Å²) in [6.07, 6.45) is 2.24. The van der Waals surface area contributed by atoms with E-state index < -0.39 is 11.9 Å². The molecule has 106 valence electrons. The van der Waals surface area contributed by atoms with Gasteiger partial charge in [-0.25, -0.2) is 9.78 Å². The van der Waals surface area contributed by atoms with Crippen molar-refractivity contribution in [1.82, 2.24) is 15.6 Å². The van der Waals surface area contributed by atoms with Gasteiger partial charge in [-0.05, 0) is 20.3 Å². The van der Waals surface area contributed by atoms with Crippen LogP contribution in [0.3, 0.4) is 0 Å². The van der Waals surface area contributed by atoms with Crippen LogP contribution in [0.5, 0.6) is 0 Å². The lowest BCUT2D eigenvalue weighted by molar-refractivity contribution is -0.141. The zero-order valence-electron chi connectivity index (χ0n) is 11.3. The van der Waals surface area contributed by atoms with Crippen molar-refractivity contribution in [2.24, 2.45) is 5.92 Å². The van der Waals surface area contributed by atoms with Gasteiger partial charge in [0.05, 0.1) is 12.0 Å². The SMILES string of the molecule is CCC(CNC(=O)NC(C)c1ncc(C)s1)C(=O)O. The van der Waals surface area contributed by atoms with Crippen LogP contribution < -0.4 is 10.6 Å². The number of hydrogen-bond donors (Lipinski definition) is 3. The van der Waals surface area contributed by atoms with Gasteiger partial charge in [0.1, 0.15) is 5.01 Å². The molecule has 0 radical (unpaired) electrons. The maximum atomic E-state index is 11.6. The molecule has 1 heterocycles. The molecule has 0 saturated carbocycles. The molecule has 6 nitrogen and oxygen atoms in total. The summed E-state index contributed by atoms with van der Waals surface area (Å²) >= 11 is 1.52. The predicted octanol–water partition coefficient (Wildman–Crippen LogP) is 1.92. The summed E-state index contributed by atoms with van der Waals surface area (Å²) in [4.78, 5) is 27.7. The molecule has 0 saturated heterocycles. The molecule has 2 atom stereocenters. The quantitative estimate of drug-likeness (QED) is 0.744. The van der Waals surface area contributed by atoms with Gasteiger partial charge in [0, 0.05) is 17.6 Å². The fraction of sp³-hybridized carbons (Fsp3) is 0.583. The Morgan fingerprint density at radius 2 is 2.21 bits per heavy atom. The van der Waals surface area contributed by atoms with Crippen molar-refractivity contribution in [2.75, 3.05) is 6.54 Å². The van der Waals surface area contributed by atoms with Gasteiger partial charge in [-0.15, -0.1) is 11.3 Å². The molecule has 3 N–H and O–H groups in total. The van der Waals surface area contributed by atoms with Crippen molar-refractivity contribution < 1.29 is 14.7 Å². The highest BCUT2D eigenvalue weighted by atomic mass is 32.1. The standard InChI is InChI=1S/C12H19N3O3S/c1-4-9(11(16)17)6-14-12(18)15-8(3)10-13-5-7(2)19-10/h5,8-9H,4,6H2,1-3H3,(H,16,17)(H2,14,15,18). The number of aryl methyl sites for hydroxylation is 1. The second kappa shape index (κ2) is 7.08. The third kappa shape index (κ3) is 4.86. The Bertz CT molecular complexity index is 447. The first-order chi connectivity index (χ1) is 8.93. The maximum absolute atomic E-state index is 11.6. The number of aliphatic carboxylic acids is 1. The monoisotopic (exact) mass is 285 g/mol. The van der Waals surface area contributed by atoms with Gasteiger partial charge in [0.15, 0.2) is 0 Å². The minimum Gasteiger partial charge on any atom is -0.481 e.